The highest BCUT2D eigenvalue weighted by Gasteiger charge is 2.27. The number of methoxy groups -OCH3 is 1. The Morgan fingerprint density at radius 2 is 1.63 bits per heavy atom. The topological polar surface area (TPSA) is 82.1 Å². The molecule has 182 valence electrons. The smallest absolute Gasteiger partial charge is 0.337 e. The van der Waals surface area contributed by atoms with Crippen LogP contribution in [-0.2, 0) is 9.53 Å². The maximum atomic E-state index is 11.9. The van der Waals surface area contributed by atoms with E-state index in [1.807, 2.05) is 24.3 Å². The van der Waals surface area contributed by atoms with Gasteiger partial charge in [-0.25, -0.2) is 4.79 Å². The number of halogens is 1. The minimum Gasteiger partial charge on any atom is -0.478 e. The highest BCUT2D eigenvalue weighted by molar-refractivity contribution is 6.30. The Balaban J connectivity index is 1.52. The van der Waals surface area contributed by atoms with Crippen LogP contribution in [0.4, 0.5) is 11.4 Å². The van der Waals surface area contributed by atoms with Crippen molar-refractivity contribution in [1.82, 2.24) is 4.90 Å². The van der Waals surface area contributed by atoms with E-state index in [1.165, 1.54) is 18.2 Å². The van der Waals surface area contributed by atoms with Gasteiger partial charge in [-0.05, 0) is 41.5 Å². The Hall–Kier alpha value is -3.39. The number of nitrogens with one attached hydrogen (secondary N) is 1. The van der Waals surface area contributed by atoms with E-state index in [1.54, 1.807) is 12.1 Å². The fourth-order valence-electron chi connectivity index (χ4n) is 4.47. The molecular formula is C27H28ClN3O4. The number of carboxylic acid groups (broad SMARTS) is 1. The molecule has 3 aromatic rings. The second-order valence-electron chi connectivity index (χ2n) is 8.40. The third-order valence-electron chi connectivity index (χ3n) is 6.13. The first-order valence-corrected chi connectivity index (χ1v) is 11.8. The van der Waals surface area contributed by atoms with E-state index in [9.17, 15) is 14.7 Å². The molecule has 0 unspecified atom stereocenters. The average molecular weight is 494 g/mol. The lowest BCUT2D eigenvalue weighted by molar-refractivity contribution is -0.119. The molecule has 1 aliphatic heterocycles. The van der Waals surface area contributed by atoms with E-state index in [4.69, 9.17) is 16.3 Å². The summed E-state index contributed by atoms with van der Waals surface area (Å²) in [5, 5.41) is 13.0. The van der Waals surface area contributed by atoms with Gasteiger partial charge in [-0.2, -0.15) is 0 Å². The van der Waals surface area contributed by atoms with Crippen LogP contribution in [0.1, 0.15) is 27.5 Å². The van der Waals surface area contributed by atoms with Crippen LogP contribution in [-0.4, -0.2) is 61.8 Å². The second-order valence-corrected chi connectivity index (χ2v) is 8.84. The Kier molecular flexibility index (Phi) is 8.02. The molecule has 1 atom stereocenters. The van der Waals surface area contributed by atoms with E-state index in [0.29, 0.717) is 5.02 Å². The summed E-state index contributed by atoms with van der Waals surface area (Å²) in [6.45, 7) is 2.95. The summed E-state index contributed by atoms with van der Waals surface area (Å²) in [6.07, 6.45) is 0. The number of amides is 1. The van der Waals surface area contributed by atoms with Crippen molar-refractivity contribution in [2.45, 2.75) is 6.04 Å². The summed E-state index contributed by atoms with van der Waals surface area (Å²) in [7, 11) is 1.41. The van der Waals surface area contributed by atoms with Crippen molar-refractivity contribution in [3.05, 3.63) is 94.5 Å². The molecular weight excluding hydrogens is 466 g/mol. The minimum atomic E-state index is -1.09. The molecule has 2 N–H and O–H groups in total. The van der Waals surface area contributed by atoms with Crippen LogP contribution in [0.3, 0.4) is 0 Å². The van der Waals surface area contributed by atoms with Gasteiger partial charge in [0, 0.05) is 44.0 Å². The second kappa shape index (κ2) is 11.4. The van der Waals surface area contributed by atoms with Gasteiger partial charge in [0.1, 0.15) is 6.61 Å². The van der Waals surface area contributed by atoms with Gasteiger partial charge in [0.2, 0.25) is 5.91 Å². The van der Waals surface area contributed by atoms with Crippen LogP contribution in [0.2, 0.25) is 5.02 Å². The highest BCUT2D eigenvalue weighted by atomic mass is 35.5. The lowest BCUT2D eigenvalue weighted by atomic mass is 9.96. The standard InChI is InChI=1S/C27H28ClN3O4/c1-35-18-25(32)29-24-12-11-22(17-23(24)27(33)34)30-13-15-31(16-14-30)26(19-5-3-2-4-6-19)20-7-9-21(28)10-8-20/h2-12,17,26H,13-16,18H2,1H3,(H,29,32)(H,33,34)/t26-/m0/s1. The highest BCUT2D eigenvalue weighted by Crippen LogP contribution is 2.32. The molecule has 4 rings (SSSR count). The predicted molar refractivity (Wildman–Crippen MR) is 137 cm³/mol. The first-order chi connectivity index (χ1) is 17.0. The van der Waals surface area contributed by atoms with Crippen LogP contribution in [0.5, 0.6) is 0 Å². The number of benzene rings is 3. The van der Waals surface area contributed by atoms with Crippen molar-refractivity contribution < 1.29 is 19.4 Å². The van der Waals surface area contributed by atoms with E-state index < -0.39 is 11.9 Å². The number of hydrogen-bond acceptors (Lipinski definition) is 5. The van der Waals surface area contributed by atoms with Crippen molar-refractivity contribution in [3.63, 3.8) is 0 Å². The van der Waals surface area contributed by atoms with Gasteiger partial charge >= 0.3 is 5.97 Å². The Bertz CT molecular complexity index is 1160. The fourth-order valence-corrected chi connectivity index (χ4v) is 4.59. The van der Waals surface area contributed by atoms with E-state index in [2.05, 4.69) is 51.5 Å². The van der Waals surface area contributed by atoms with Gasteiger partial charge in [0.25, 0.3) is 0 Å². The van der Waals surface area contributed by atoms with Gasteiger partial charge in [0.15, 0.2) is 0 Å². The third-order valence-corrected chi connectivity index (χ3v) is 6.38. The van der Waals surface area contributed by atoms with Gasteiger partial charge in [0.05, 0.1) is 17.3 Å². The van der Waals surface area contributed by atoms with Crippen molar-refractivity contribution in [2.75, 3.05) is 50.1 Å². The molecule has 0 radical (unpaired) electrons. The zero-order valence-corrected chi connectivity index (χ0v) is 20.2. The zero-order valence-electron chi connectivity index (χ0n) is 19.5. The normalized spacial score (nSPS) is 15.0. The monoisotopic (exact) mass is 493 g/mol. The zero-order chi connectivity index (χ0) is 24.8. The molecule has 3 aromatic carbocycles. The Labute approximate surface area is 209 Å². The quantitative estimate of drug-likeness (QED) is 0.479. The number of hydrogen-bond donors (Lipinski definition) is 2. The Morgan fingerprint density at radius 1 is 0.971 bits per heavy atom. The van der Waals surface area contributed by atoms with Crippen molar-refractivity contribution >= 4 is 34.9 Å². The van der Waals surface area contributed by atoms with Crippen LogP contribution in [0, 0.1) is 0 Å². The number of nitrogens with zero attached hydrogens (tertiary/aromatic N) is 2. The molecule has 35 heavy (non-hydrogen) atoms. The lowest BCUT2D eigenvalue weighted by Gasteiger charge is -2.40. The fraction of sp³-hybridized carbons (Fsp3) is 0.259. The molecule has 0 spiro atoms. The SMILES string of the molecule is COCC(=O)Nc1ccc(N2CCN([C@@H](c3ccccc3)c3ccc(Cl)cc3)CC2)cc1C(=O)O. The van der Waals surface area contributed by atoms with Crippen LogP contribution in [0.15, 0.2) is 72.8 Å². The van der Waals surface area contributed by atoms with Crippen LogP contribution >= 0.6 is 11.6 Å². The van der Waals surface area contributed by atoms with Crippen LogP contribution < -0.4 is 10.2 Å². The molecule has 1 fully saturated rings. The molecule has 1 heterocycles. The number of anilines is 2. The lowest BCUT2D eigenvalue weighted by Crippen LogP contribution is -2.48. The number of rotatable bonds is 8. The molecule has 8 heteroatoms. The maximum Gasteiger partial charge on any atom is 0.337 e. The van der Waals surface area contributed by atoms with Gasteiger partial charge in [-0.3, -0.25) is 9.69 Å². The molecule has 1 aliphatic rings. The third kappa shape index (κ3) is 6.00. The van der Waals surface area contributed by atoms with E-state index in [-0.39, 0.29) is 23.9 Å². The summed E-state index contributed by atoms with van der Waals surface area (Å²) < 4.78 is 4.82. The first-order valence-electron chi connectivity index (χ1n) is 11.4. The van der Waals surface area contributed by atoms with Gasteiger partial charge in [-0.1, -0.05) is 54.1 Å². The molecule has 0 aliphatic carbocycles. The van der Waals surface area contributed by atoms with Crippen molar-refractivity contribution in [1.29, 1.82) is 0 Å². The number of carboxylic acids is 1. The molecule has 0 saturated carbocycles. The number of carbonyl (C=O) groups excluding carboxylic acids is 1. The first kappa shape index (κ1) is 24.7. The number of ether oxygens (including phenoxy) is 1. The average Bonchev–Trinajstić information content (AvgIpc) is 2.87. The summed E-state index contributed by atoms with van der Waals surface area (Å²) in [6, 6.07) is 23.6. The summed E-state index contributed by atoms with van der Waals surface area (Å²) in [5.74, 6) is -1.49. The number of piperazine rings is 1. The summed E-state index contributed by atoms with van der Waals surface area (Å²) >= 11 is 6.13. The van der Waals surface area contributed by atoms with Crippen LogP contribution in [0.25, 0.3) is 0 Å². The molecule has 1 amide bonds. The molecule has 1 saturated heterocycles. The predicted octanol–water partition coefficient (Wildman–Crippen LogP) is 4.53. The van der Waals surface area contributed by atoms with Gasteiger partial charge < -0.3 is 20.1 Å². The molecule has 0 aromatic heterocycles. The van der Waals surface area contributed by atoms with E-state index in [0.717, 1.165) is 31.9 Å². The summed E-state index contributed by atoms with van der Waals surface area (Å²) in [4.78, 5) is 28.3. The van der Waals surface area contributed by atoms with Gasteiger partial charge in [-0.15, -0.1) is 0 Å². The van der Waals surface area contributed by atoms with Crippen molar-refractivity contribution in [3.8, 4) is 0 Å². The van der Waals surface area contributed by atoms with Crippen molar-refractivity contribution in [2.24, 2.45) is 0 Å². The number of aromatic carboxylic acids is 1. The minimum absolute atomic E-state index is 0.0534. The molecule has 7 nitrogen and oxygen atoms in total. The van der Waals surface area contributed by atoms with E-state index >= 15 is 0 Å². The molecule has 0 bridgehead atoms. The number of carbonyl (C=O) groups is 2. The largest absolute Gasteiger partial charge is 0.478 e. The maximum absolute atomic E-state index is 11.9. The Morgan fingerprint density at radius 3 is 2.26 bits per heavy atom. The summed E-state index contributed by atoms with van der Waals surface area (Å²) in [5.41, 5.74) is 3.52.